The number of nitrogens with one attached hydrogen (secondary N) is 3. The topological polar surface area (TPSA) is 135 Å². The number of aromatic nitrogens is 3. The van der Waals surface area contributed by atoms with Crippen LogP contribution < -0.4 is 21.5 Å². The average Bonchev–Trinajstić information content (AvgIpc) is 2.75. The Hall–Kier alpha value is -4.08. The molecule has 4 amide bonds. The van der Waals surface area contributed by atoms with Gasteiger partial charge in [-0.1, -0.05) is 29.0 Å². The lowest BCUT2D eigenvalue weighted by Crippen LogP contribution is -2.45. The Bertz CT molecular complexity index is 1230. The molecule has 10 heteroatoms. The van der Waals surface area contributed by atoms with E-state index >= 15 is 0 Å². The molecule has 0 radical (unpaired) electrons. The van der Waals surface area contributed by atoms with E-state index in [9.17, 15) is 19.2 Å². The number of nitrogens with zero attached hydrogens (tertiary/aromatic N) is 3. The first-order valence-corrected chi connectivity index (χ1v) is 9.74. The van der Waals surface area contributed by atoms with Gasteiger partial charge in [0.15, 0.2) is 0 Å². The Morgan fingerprint density at radius 2 is 1.94 bits per heavy atom. The molecule has 1 fully saturated rings. The summed E-state index contributed by atoms with van der Waals surface area (Å²) in [6.45, 7) is 2.15. The van der Waals surface area contributed by atoms with Crippen LogP contribution in [0.5, 0.6) is 0 Å². The third kappa shape index (κ3) is 4.42. The average molecular weight is 420 g/mol. The highest BCUT2D eigenvalue weighted by atomic mass is 16.2. The van der Waals surface area contributed by atoms with Crippen molar-refractivity contribution < 1.29 is 14.4 Å². The quantitative estimate of drug-likeness (QED) is 0.546. The van der Waals surface area contributed by atoms with Crippen LogP contribution in [0.3, 0.4) is 0 Å². The first kappa shape index (κ1) is 20.2. The summed E-state index contributed by atoms with van der Waals surface area (Å²) in [5, 5.41) is 15.8. The molecule has 31 heavy (non-hydrogen) atoms. The molecule has 1 unspecified atom stereocenters. The monoisotopic (exact) mass is 420 g/mol. The highest BCUT2D eigenvalue weighted by molar-refractivity contribution is 5.99. The van der Waals surface area contributed by atoms with E-state index in [1.807, 2.05) is 19.1 Å². The standard InChI is InChI=1S/C21H20N6O4/c1-12-2-5-14(6-3-12)23-21(31)22-11-13-4-7-16-15(10-13)20(30)27(26-25-16)17-8-9-18(28)24-19(17)29/h2-7,10,17H,8-9,11H2,1H3,(H2,22,23,31)(H,24,28,29). The van der Waals surface area contributed by atoms with Gasteiger partial charge in [-0.2, -0.15) is 4.68 Å². The number of piperidine rings is 1. The van der Waals surface area contributed by atoms with E-state index in [0.717, 1.165) is 10.2 Å². The largest absolute Gasteiger partial charge is 0.334 e. The summed E-state index contributed by atoms with van der Waals surface area (Å²) in [6.07, 6.45) is 0.313. The predicted molar refractivity (Wildman–Crippen MR) is 112 cm³/mol. The molecule has 0 spiro atoms. The van der Waals surface area contributed by atoms with Gasteiger partial charge < -0.3 is 10.6 Å². The number of carbonyl (C=O) groups is 3. The molecule has 0 bridgehead atoms. The number of aryl methyl sites for hydroxylation is 1. The molecule has 1 saturated heterocycles. The highest BCUT2D eigenvalue weighted by Gasteiger charge is 2.30. The van der Waals surface area contributed by atoms with Crippen LogP contribution in [-0.2, 0) is 16.1 Å². The van der Waals surface area contributed by atoms with Crippen molar-refractivity contribution in [1.82, 2.24) is 25.6 Å². The van der Waals surface area contributed by atoms with Crippen molar-refractivity contribution in [2.75, 3.05) is 5.32 Å². The van der Waals surface area contributed by atoms with Gasteiger partial charge in [-0.25, -0.2) is 4.79 Å². The van der Waals surface area contributed by atoms with Gasteiger partial charge in [0.05, 0.1) is 5.39 Å². The molecule has 1 aliphatic heterocycles. The van der Waals surface area contributed by atoms with Gasteiger partial charge in [-0.05, 0) is 43.2 Å². The normalized spacial score (nSPS) is 16.1. The summed E-state index contributed by atoms with van der Waals surface area (Å²) in [6, 6.07) is 11.1. The maximum atomic E-state index is 12.9. The maximum Gasteiger partial charge on any atom is 0.319 e. The maximum absolute atomic E-state index is 12.9. The SMILES string of the molecule is Cc1ccc(NC(=O)NCc2ccc3nnn(C4CCC(=O)NC4=O)c(=O)c3c2)cc1. The minimum atomic E-state index is -0.885. The van der Waals surface area contributed by atoms with E-state index in [2.05, 4.69) is 26.3 Å². The molecule has 2 heterocycles. The van der Waals surface area contributed by atoms with Crippen molar-refractivity contribution in [3.8, 4) is 0 Å². The second-order valence-corrected chi connectivity index (χ2v) is 7.33. The third-order valence-electron chi connectivity index (χ3n) is 5.02. The summed E-state index contributed by atoms with van der Waals surface area (Å²) < 4.78 is 1.01. The summed E-state index contributed by atoms with van der Waals surface area (Å²) in [7, 11) is 0. The van der Waals surface area contributed by atoms with E-state index < -0.39 is 17.5 Å². The lowest BCUT2D eigenvalue weighted by Gasteiger charge is -2.21. The molecule has 2 aromatic carbocycles. The Morgan fingerprint density at radius 1 is 1.16 bits per heavy atom. The molecule has 1 aromatic heterocycles. The fourth-order valence-corrected chi connectivity index (χ4v) is 3.33. The molecule has 3 N–H and O–H groups in total. The summed E-state index contributed by atoms with van der Waals surface area (Å²) in [5.74, 6) is -0.946. The number of rotatable bonds is 4. The number of benzene rings is 2. The van der Waals surface area contributed by atoms with Crippen LogP contribution in [0.15, 0.2) is 47.3 Å². The van der Waals surface area contributed by atoms with Gasteiger partial charge in [0.2, 0.25) is 5.91 Å². The molecule has 0 saturated carbocycles. The number of hydrogen-bond donors (Lipinski definition) is 3. The van der Waals surface area contributed by atoms with E-state index in [-0.39, 0.29) is 36.7 Å². The Balaban J connectivity index is 1.50. The fourth-order valence-electron chi connectivity index (χ4n) is 3.33. The van der Waals surface area contributed by atoms with Crippen LogP contribution in [-0.4, -0.2) is 32.8 Å². The van der Waals surface area contributed by atoms with Crippen LogP contribution in [0.4, 0.5) is 10.5 Å². The van der Waals surface area contributed by atoms with Gasteiger partial charge in [0, 0.05) is 18.7 Å². The van der Waals surface area contributed by atoms with E-state index in [1.54, 1.807) is 30.3 Å². The molecule has 1 atom stereocenters. The van der Waals surface area contributed by atoms with Crippen LogP contribution >= 0.6 is 0 Å². The van der Waals surface area contributed by atoms with Crippen molar-refractivity contribution in [2.45, 2.75) is 32.4 Å². The molecule has 158 valence electrons. The molecule has 1 aliphatic rings. The Morgan fingerprint density at radius 3 is 2.68 bits per heavy atom. The zero-order valence-electron chi connectivity index (χ0n) is 16.7. The summed E-state index contributed by atoms with van der Waals surface area (Å²) in [4.78, 5) is 48.5. The second kappa shape index (κ2) is 8.34. The minimum Gasteiger partial charge on any atom is -0.334 e. The van der Waals surface area contributed by atoms with Crippen LogP contribution in [0, 0.1) is 6.92 Å². The second-order valence-electron chi connectivity index (χ2n) is 7.33. The van der Waals surface area contributed by atoms with E-state index in [0.29, 0.717) is 16.8 Å². The first-order chi connectivity index (χ1) is 14.9. The molecule has 10 nitrogen and oxygen atoms in total. The van der Waals surface area contributed by atoms with Crippen molar-refractivity contribution in [3.05, 3.63) is 63.9 Å². The number of hydrogen-bond acceptors (Lipinski definition) is 6. The number of urea groups is 1. The summed E-state index contributed by atoms with van der Waals surface area (Å²) in [5.41, 5.74) is 2.34. The molecule has 0 aliphatic carbocycles. The van der Waals surface area contributed by atoms with E-state index in [1.165, 1.54) is 0 Å². The lowest BCUT2D eigenvalue weighted by molar-refractivity contribution is -0.136. The van der Waals surface area contributed by atoms with Gasteiger partial charge in [-0.15, -0.1) is 5.10 Å². The molecular weight excluding hydrogens is 400 g/mol. The predicted octanol–water partition coefficient (Wildman–Crippen LogP) is 1.40. The molecular formula is C21H20N6O4. The van der Waals surface area contributed by atoms with Crippen LogP contribution in [0.1, 0.15) is 30.0 Å². The number of carbonyl (C=O) groups excluding carboxylic acids is 3. The van der Waals surface area contributed by atoms with Gasteiger partial charge in [0.25, 0.3) is 11.5 Å². The number of anilines is 1. The molecule has 4 rings (SSSR count). The zero-order valence-corrected chi connectivity index (χ0v) is 16.7. The number of imide groups is 1. The van der Waals surface area contributed by atoms with E-state index in [4.69, 9.17) is 0 Å². The molecule has 3 aromatic rings. The van der Waals surface area contributed by atoms with Crippen molar-refractivity contribution in [2.24, 2.45) is 0 Å². The zero-order chi connectivity index (χ0) is 22.0. The third-order valence-corrected chi connectivity index (χ3v) is 5.02. The highest BCUT2D eigenvalue weighted by Crippen LogP contribution is 2.17. The first-order valence-electron chi connectivity index (χ1n) is 9.74. The van der Waals surface area contributed by atoms with Crippen molar-refractivity contribution in [1.29, 1.82) is 0 Å². The fraction of sp³-hybridized carbons (Fsp3) is 0.238. The van der Waals surface area contributed by atoms with Gasteiger partial charge in [0.1, 0.15) is 11.6 Å². The van der Waals surface area contributed by atoms with Crippen LogP contribution in [0.2, 0.25) is 0 Å². The van der Waals surface area contributed by atoms with Crippen LogP contribution in [0.25, 0.3) is 10.9 Å². The minimum absolute atomic E-state index is 0.128. The number of fused-ring (bicyclic) bond motifs is 1. The Labute approximate surface area is 176 Å². The number of amides is 4. The van der Waals surface area contributed by atoms with Gasteiger partial charge >= 0.3 is 6.03 Å². The smallest absolute Gasteiger partial charge is 0.319 e. The summed E-state index contributed by atoms with van der Waals surface area (Å²) >= 11 is 0. The van der Waals surface area contributed by atoms with Crippen molar-refractivity contribution in [3.63, 3.8) is 0 Å². The Kier molecular flexibility index (Phi) is 5.44. The lowest BCUT2D eigenvalue weighted by atomic mass is 10.1. The van der Waals surface area contributed by atoms with Gasteiger partial charge in [-0.3, -0.25) is 19.7 Å². The van der Waals surface area contributed by atoms with Crippen molar-refractivity contribution >= 4 is 34.4 Å².